The maximum absolute atomic E-state index is 14.4. The van der Waals surface area contributed by atoms with Crippen LogP contribution in [0.5, 0.6) is 0 Å². The number of carbonyl (C=O) groups is 3. The van der Waals surface area contributed by atoms with Gasteiger partial charge in [0.25, 0.3) is 0 Å². The van der Waals surface area contributed by atoms with Crippen molar-refractivity contribution in [2.24, 2.45) is 5.41 Å². The van der Waals surface area contributed by atoms with Crippen LogP contribution < -0.4 is 10.2 Å². The molecule has 4 amide bonds. The molecule has 0 radical (unpaired) electrons. The minimum Gasteiger partial charge on any atom is -0.363 e. The Morgan fingerprint density at radius 2 is 2.12 bits per heavy atom. The molecule has 24 heavy (non-hydrogen) atoms. The number of rotatable bonds is 0. The van der Waals surface area contributed by atoms with Crippen molar-refractivity contribution in [3.8, 4) is 0 Å². The van der Waals surface area contributed by atoms with Crippen LogP contribution in [0.25, 0.3) is 0 Å². The van der Waals surface area contributed by atoms with Crippen molar-refractivity contribution in [1.29, 1.82) is 0 Å². The van der Waals surface area contributed by atoms with Crippen LogP contribution in [0.4, 0.5) is 14.9 Å². The fraction of sp³-hybridized carbons (Fsp3) is 0.438. The zero-order valence-electron chi connectivity index (χ0n) is 13.0. The second-order valence-electron chi connectivity index (χ2n) is 6.30. The van der Waals surface area contributed by atoms with E-state index in [2.05, 4.69) is 5.32 Å². The summed E-state index contributed by atoms with van der Waals surface area (Å²) < 4.78 is 14.4. The van der Waals surface area contributed by atoms with Crippen LogP contribution in [0.1, 0.15) is 5.56 Å². The van der Waals surface area contributed by atoms with E-state index < -0.39 is 29.3 Å². The van der Waals surface area contributed by atoms with Crippen molar-refractivity contribution in [3.63, 3.8) is 0 Å². The molecule has 0 unspecified atom stereocenters. The number of barbiturate groups is 1. The topological polar surface area (TPSA) is 69.7 Å². The maximum atomic E-state index is 14.4. The van der Waals surface area contributed by atoms with Crippen molar-refractivity contribution in [1.82, 2.24) is 10.2 Å². The second-order valence-corrected chi connectivity index (χ2v) is 7.45. The highest BCUT2D eigenvalue weighted by Gasteiger charge is 2.62. The molecule has 8 heteroatoms. The third-order valence-corrected chi connectivity index (χ3v) is 6.16. The summed E-state index contributed by atoms with van der Waals surface area (Å²) in [6.07, 6.45) is 0.101. The normalized spacial score (nSPS) is 29.4. The van der Waals surface area contributed by atoms with Gasteiger partial charge in [0.2, 0.25) is 11.8 Å². The molecule has 0 aliphatic carbocycles. The Morgan fingerprint density at radius 1 is 1.33 bits per heavy atom. The van der Waals surface area contributed by atoms with Crippen LogP contribution in [0.3, 0.4) is 0 Å². The molecule has 3 aliphatic heterocycles. The van der Waals surface area contributed by atoms with Crippen LogP contribution >= 0.6 is 11.8 Å². The summed E-state index contributed by atoms with van der Waals surface area (Å²) in [5, 5.41) is 2.30. The number of benzene rings is 1. The van der Waals surface area contributed by atoms with Gasteiger partial charge in [0, 0.05) is 25.1 Å². The van der Waals surface area contributed by atoms with Gasteiger partial charge in [-0.2, -0.15) is 11.8 Å². The Balaban J connectivity index is 1.92. The van der Waals surface area contributed by atoms with Gasteiger partial charge in [-0.25, -0.2) is 9.18 Å². The van der Waals surface area contributed by atoms with Crippen molar-refractivity contribution in [2.75, 3.05) is 30.0 Å². The molecule has 2 atom stereocenters. The third-order valence-electron chi connectivity index (χ3n) is 5.14. The fourth-order valence-electron chi connectivity index (χ4n) is 3.95. The molecule has 0 aromatic heterocycles. The Morgan fingerprint density at radius 3 is 2.92 bits per heavy atom. The lowest BCUT2D eigenvalue weighted by Gasteiger charge is -2.53. The predicted molar refractivity (Wildman–Crippen MR) is 87.3 cm³/mol. The first kappa shape index (κ1) is 15.4. The van der Waals surface area contributed by atoms with Gasteiger partial charge in [-0.3, -0.25) is 19.8 Å². The number of fused-ring (bicyclic) bond motifs is 4. The smallest absolute Gasteiger partial charge is 0.330 e. The number of thioether (sulfide) groups is 1. The SMILES string of the molecule is CN1C(=O)NC(=O)[C@@]2(Cc3cccc(F)c3N3CCSC[C@H]32)C1=O. The standard InChI is InChI=1S/C16H16FN3O3S/c1-19-14(22)16(13(21)18-15(19)23)7-9-3-2-4-10(17)12(9)20-5-6-24-8-11(16)20/h2-4,11H,5-8H2,1H3,(H,18,21,23)/t11-,16-/m0/s1. The van der Waals surface area contributed by atoms with Gasteiger partial charge in [-0.05, 0) is 18.1 Å². The van der Waals surface area contributed by atoms with E-state index >= 15 is 0 Å². The van der Waals surface area contributed by atoms with Crippen molar-refractivity contribution < 1.29 is 18.8 Å². The molecule has 3 aliphatic rings. The minimum atomic E-state index is -1.39. The Hall–Kier alpha value is -2.09. The van der Waals surface area contributed by atoms with Crippen molar-refractivity contribution in [2.45, 2.75) is 12.5 Å². The number of amides is 4. The van der Waals surface area contributed by atoms with Gasteiger partial charge in [0.15, 0.2) is 5.41 Å². The number of hydrogen-bond donors (Lipinski definition) is 1. The average molecular weight is 349 g/mol. The molecular weight excluding hydrogens is 333 g/mol. The van der Waals surface area contributed by atoms with E-state index in [-0.39, 0.29) is 12.2 Å². The van der Waals surface area contributed by atoms with Gasteiger partial charge in [-0.15, -0.1) is 0 Å². The fourth-order valence-corrected chi connectivity index (χ4v) is 5.13. The summed E-state index contributed by atoms with van der Waals surface area (Å²) in [7, 11) is 1.37. The number of hydrogen-bond acceptors (Lipinski definition) is 5. The summed E-state index contributed by atoms with van der Waals surface area (Å²) in [5.74, 6) is -0.0982. The molecule has 3 heterocycles. The van der Waals surface area contributed by atoms with E-state index in [0.717, 1.165) is 10.7 Å². The summed E-state index contributed by atoms with van der Waals surface area (Å²) in [5.41, 5.74) is -0.283. The lowest BCUT2D eigenvalue weighted by molar-refractivity contribution is -0.152. The average Bonchev–Trinajstić information content (AvgIpc) is 2.58. The molecule has 2 saturated heterocycles. The number of para-hydroxylation sites is 1. The third kappa shape index (κ3) is 1.86. The van der Waals surface area contributed by atoms with E-state index in [1.807, 2.05) is 4.90 Å². The monoisotopic (exact) mass is 349 g/mol. The first-order valence-electron chi connectivity index (χ1n) is 7.72. The molecule has 2 fully saturated rings. The number of carbonyl (C=O) groups excluding carboxylic acids is 3. The molecule has 1 spiro atoms. The Kier molecular flexibility index (Phi) is 3.35. The second kappa shape index (κ2) is 5.20. The first-order chi connectivity index (χ1) is 11.5. The summed E-state index contributed by atoms with van der Waals surface area (Å²) in [4.78, 5) is 40.4. The molecule has 1 N–H and O–H groups in total. The Labute approximate surface area is 142 Å². The number of anilines is 1. The molecule has 126 valence electrons. The lowest BCUT2D eigenvalue weighted by atomic mass is 9.69. The number of nitrogens with one attached hydrogen (secondary N) is 1. The molecule has 0 bridgehead atoms. The summed E-state index contributed by atoms with van der Waals surface area (Å²) in [6, 6.07) is 3.55. The quantitative estimate of drug-likeness (QED) is 0.708. The van der Waals surface area contributed by atoms with E-state index in [1.54, 1.807) is 23.9 Å². The minimum absolute atomic E-state index is 0.101. The lowest BCUT2D eigenvalue weighted by Crippen LogP contribution is -2.72. The largest absolute Gasteiger partial charge is 0.363 e. The van der Waals surface area contributed by atoms with Gasteiger partial charge in [0.05, 0.1) is 11.7 Å². The van der Waals surface area contributed by atoms with Gasteiger partial charge < -0.3 is 4.90 Å². The van der Waals surface area contributed by atoms with Gasteiger partial charge >= 0.3 is 6.03 Å². The molecule has 0 saturated carbocycles. The highest BCUT2D eigenvalue weighted by Crippen LogP contribution is 2.47. The zero-order valence-corrected chi connectivity index (χ0v) is 13.9. The number of imide groups is 2. The molecule has 1 aromatic rings. The number of urea groups is 1. The number of nitrogens with zero attached hydrogens (tertiary/aromatic N) is 2. The van der Waals surface area contributed by atoms with Gasteiger partial charge in [0.1, 0.15) is 5.82 Å². The Bertz CT molecular complexity index is 771. The van der Waals surface area contributed by atoms with Crippen LogP contribution in [0, 0.1) is 11.2 Å². The summed E-state index contributed by atoms with van der Waals surface area (Å²) in [6.45, 7) is 0.559. The van der Waals surface area contributed by atoms with Gasteiger partial charge in [-0.1, -0.05) is 12.1 Å². The van der Waals surface area contributed by atoms with Crippen molar-refractivity contribution >= 4 is 35.3 Å². The van der Waals surface area contributed by atoms with E-state index in [4.69, 9.17) is 0 Å². The highest BCUT2D eigenvalue weighted by molar-refractivity contribution is 7.99. The first-order valence-corrected chi connectivity index (χ1v) is 8.87. The predicted octanol–water partition coefficient (Wildman–Crippen LogP) is 0.998. The maximum Gasteiger partial charge on any atom is 0.330 e. The van der Waals surface area contributed by atoms with Crippen molar-refractivity contribution in [3.05, 3.63) is 29.6 Å². The van der Waals surface area contributed by atoms with E-state index in [9.17, 15) is 18.8 Å². The molecule has 4 rings (SSSR count). The van der Waals surface area contributed by atoms with E-state index in [0.29, 0.717) is 23.5 Å². The molecule has 1 aromatic carbocycles. The van der Waals surface area contributed by atoms with Crippen LogP contribution in [-0.4, -0.2) is 53.9 Å². The van der Waals surface area contributed by atoms with E-state index in [1.165, 1.54) is 13.1 Å². The van der Waals surface area contributed by atoms with Crippen LogP contribution in [-0.2, 0) is 16.0 Å². The molecular formula is C16H16FN3O3S. The number of halogens is 1. The zero-order chi connectivity index (χ0) is 17.1. The summed E-state index contributed by atoms with van der Waals surface area (Å²) >= 11 is 1.64. The highest BCUT2D eigenvalue weighted by atomic mass is 32.2. The van der Waals surface area contributed by atoms with Crippen LogP contribution in [0.15, 0.2) is 18.2 Å². The molecule has 6 nitrogen and oxygen atoms in total. The van der Waals surface area contributed by atoms with Crippen LogP contribution in [0.2, 0.25) is 0 Å².